The maximum Gasteiger partial charge on any atom is 0.191 e. The van der Waals surface area contributed by atoms with Gasteiger partial charge in [-0.1, -0.05) is 30.3 Å². The van der Waals surface area contributed by atoms with Crippen molar-refractivity contribution in [2.24, 2.45) is 4.99 Å². The minimum Gasteiger partial charge on any atom is -0.379 e. The summed E-state index contributed by atoms with van der Waals surface area (Å²) in [6, 6.07) is 13.8. The summed E-state index contributed by atoms with van der Waals surface area (Å²) in [5.41, 5.74) is 4.30. The van der Waals surface area contributed by atoms with Crippen molar-refractivity contribution in [2.75, 3.05) is 47.4 Å². The second-order valence-electron chi connectivity index (χ2n) is 8.10. The number of ether oxygens (including phenoxy) is 1. The van der Waals surface area contributed by atoms with Crippen LogP contribution in [0, 0.1) is 5.82 Å². The van der Waals surface area contributed by atoms with Gasteiger partial charge in [0, 0.05) is 51.9 Å². The monoisotopic (exact) mass is 427 g/mol. The molecule has 7 heteroatoms. The molecule has 0 atom stereocenters. The molecule has 0 spiro atoms. The number of aliphatic imine (C=N–C) groups is 1. The number of rotatable bonds is 8. The van der Waals surface area contributed by atoms with Crippen LogP contribution < -0.4 is 10.6 Å². The minimum atomic E-state index is -0.170. The van der Waals surface area contributed by atoms with Crippen LogP contribution in [0.15, 0.2) is 47.5 Å². The second-order valence-corrected chi connectivity index (χ2v) is 8.10. The fraction of sp³-hybridized carbons (Fsp3) is 0.458. The predicted octanol–water partition coefficient (Wildman–Crippen LogP) is 2.58. The largest absolute Gasteiger partial charge is 0.379 e. The molecule has 0 aromatic heterocycles. The first-order valence-electron chi connectivity index (χ1n) is 10.8. The Kier molecular flexibility index (Phi) is 8.82. The molecule has 0 unspecified atom stereocenters. The molecule has 1 heterocycles. The van der Waals surface area contributed by atoms with Crippen LogP contribution >= 0.6 is 0 Å². The number of halogens is 1. The van der Waals surface area contributed by atoms with Gasteiger partial charge in [0.15, 0.2) is 5.96 Å². The molecule has 0 amide bonds. The lowest BCUT2D eigenvalue weighted by atomic mass is 10.1. The first-order chi connectivity index (χ1) is 15.0. The van der Waals surface area contributed by atoms with Crippen molar-refractivity contribution in [3.63, 3.8) is 0 Å². The summed E-state index contributed by atoms with van der Waals surface area (Å²) in [5, 5.41) is 6.74. The van der Waals surface area contributed by atoms with E-state index in [0.717, 1.165) is 44.4 Å². The van der Waals surface area contributed by atoms with Gasteiger partial charge in [-0.25, -0.2) is 4.39 Å². The molecule has 2 aromatic rings. The summed E-state index contributed by atoms with van der Waals surface area (Å²) >= 11 is 0. The van der Waals surface area contributed by atoms with Crippen LogP contribution in [0.2, 0.25) is 0 Å². The summed E-state index contributed by atoms with van der Waals surface area (Å²) in [5.74, 6) is 0.552. The molecule has 2 N–H and O–H groups in total. The van der Waals surface area contributed by atoms with Crippen LogP contribution in [0.3, 0.4) is 0 Å². The minimum absolute atomic E-state index is 0.170. The number of nitrogens with zero attached hydrogens (tertiary/aromatic N) is 3. The van der Waals surface area contributed by atoms with Crippen molar-refractivity contribution >= 4 is 5.96 Å². The molecule has 3 rings (SSSR count). The Balaban J connectivity index is 1.55. The Morgan fingerprint density at radius 1 is 1.03 bits per heavy atom. The Hall–Kier alpha value is -2.48. The van der Waals surface area contributed by atoms with Crippen molar-refractivity contribution in [2.45, 2.75) is 26.2 Å². The Bertz CT molecular complexity index is 865. The predicted molar refractivity (Wildman–Crippen MR) is 123 cm³/mol. The molecule has 31 heavy (non-hydrogen) atoms. The van der Waals surface area contributed by atoms with E-state index in [4.69, 9.17) is 4.74 Å². The smallest absolute Gasteiger partial charge is 0.191 e. The topological polar surface area (TPSA) is 52.1 Å². The van der Waals surface area contributed by atoms with Gasteiger partial charge in [0.05, 0.1) is 13.2 Å². The van der Waals surface area contributed by atoms with Crippen molar-refractivity contribution in [1.82, 2.24) is 20.4 Å². The molecule has 0 aliphatic carbocycles. The van der Waals surface area contributed by atoms with E-state index >= 15 is 0 Å². The highest BCUT2D eigenvalue weighted by atomic mass is 19.1. The molecule has 0 saturated carbocycles. The average molecular weight is 428 g/mol. The number of guanidine groups is 1. The zero-order valence-electron chi connectivity index (χ0n) is 18.8. The summed E-state index contributed by atoms with van der Waals surface area (Å²) < 4.78 is 19.5. The number of hydrogen-bond donors (Lipinski definition) is 2. The number of morpholine rings is 1. The Labute approximate surface area is 185 Å². The Morgan fingerprint density at radius 2 is 1.74 bits per heavy atom. The average Bonchev–Trinajstić information content (AvgIpc) is 2.77. The van der Waals surface area contributed by atoms with Crippen molar-refractivity contribution in [1.29, 1.82) is 0 Å². The van der Waals surface area contributed by atoms with E-state index in [2.05, 4.69) is 44.8 Å². The fourth-order valence-corrected chi connectivity index (χ4v) is 3.67. The third kappa shape index (κ3) is 7.31. The molecule has 0 bridgehead atoms. The molecule has 1 saturated heterocycles. The van der Waals surface area contributed by atoms with Crippen LogP contribution in [-0.4, -0.2) is 63.2 Å². The molecule has 1 aliphatic rings. The number of benzene rings is 2. The molecule has 1 aliphatic heterocycles. The molecule has 6 nitrogen and oxygen atoms in total. The van der Waals surface area contributed by atoms with Crippen molar-refractivity contribution in [3.05, 3.63) is 70.5 Å². The van der Waals surface area contributed by atoms with Crippen LogP contribution in [0.5, 0.6) is 0 Å². The van der Waals surface area contributed by atoms with Crippen LogP contribution in [-0.2, 0) is 30.9 Å². The number of hydrogen-bond acceptors (Lipinski definition) is 4. The van der Waals surface area contributed by atoms with Crippen molar-refractivity contribution < 1.29 is 9.13 Å². The third-order valence-corrected chi connectivity index (χ3v) is 5.34. The van der Waals surface area contributed by atoms with E-state index < -0.39 is 0 Å². The van der Waals surface area contributed by atoms with Crippen LogP contribution in [0.25, 0.3) is 0 Å². The van der Waals surface area contributed by atoms with E-state index in [1.54, 1.807) is 7.05 Å². The van der Waals surface area contributed by atoms with Gasteiger partial charge in [0.1, 0.15) is 5.82 Å². The van der Waals surface area contributed by atoms with Crippen LogP contribution in [0.4, 0.5) is 4.39 Å². The zero-order valence-corrected chi connectivity index (χ0v) is 18.8. The highest BCUT2D eigenvalue weighted by Gasteiger charge is 2.13. The molecule has 168 valence electrons. The van der Waals surface area contributed by atoms with Gasteiger partial charge in [-0.2, -0.15) is 0 Å². The summed E-state index contributed by atoms with van der Waals surface area (Å²) in [6.07, 6.45) is 0. The van der Waals surface area contributed by atoms with Gasteiger partial charge in [0.2, 0.25) is 0 Å². The summed E-state index contributed by atoms with van der Waals surface area (Å²) in [6.45, 7) is 6.32. The fourth-order valence-electron chi connectivity index (χ4n) is 3.67. The highest BCUT2D eigenvalue weighted by Crippen LogP contribution is 2.14. The van der Waals surface area contributed by atoms with Gasteiger partial charge < -0.3 is 20.3 Å². The SMILES string of the molecule is CN=C(NCc1ccc(F)c(CN(C)C)c1)NCc1ccccc1CN1CCOCC1. The van der Waals surface area contributed by atoms with E-state index in [1.165, 1.54) is 17.2 Å². The Morgan fingerprint density at radius 3 is 2.45 bits per heavy atom. The number of nitrogens with one attached hydrogen (secondary N) is 2. The van der Waals surface area contributed by atoms with Crippen molar-refractivity contribution in [3.8, 4) is 0 Å². The standard InChI is InChI=1S/C24H34FN5O/c1-26-24(27-15-19-8-9-23(25)22(14-19)17-29(2)3)28-16-20-6-4-5-7-21(20)18-30-10-12-31-13-11-30/h4-9,14H,10-13,15-18H2,1-3H3,(H2,26,27,28). The maximum atomic E-state index is 14.0. The zero-order chi connectivity index (χ0) is 22.1. The molecular weight excluding hydrogens is 393 g/mol. The van der Waals surface area contributed by atoms with Gasteiger partial charge >= 0.3 is 0 Å². The maximum absolute atomic E-state index is 14.0. The van der Waals surface area contributed by atoms with E-state index in [1.807, 2.05) is 31.1 Å². The summed E-state index contributed by atoms with van der Waals surface area (Å²) in [4.78, 5) is 8.73. The molecular formula is C24H34FN5O. The third-order valence-electron chi connectivity index (χ3n) is 5.34. The first-order valence-corrected chi connectivity index (χ1v) is 10.8. The van der Waals surface area contributed by atoms with Crippen LogP contribution in [0.1, 0.15) is 22.3 Å². The van der Waals surface area contributed by atoms with E-state index in [-0.39, 0.29) is 5.82 Å². The van der Waals surface area contributed by atoms with Gasteiger partial charge in [-0.3, -0.25) is 9.89 Å². The lowest BCUT2D eigenvalue weighted by molar-refractivity contribution is 0.0341. The lowest BCUT2D eigenvalue weighted by Crippen LogP contribution is -2.37. The molecule has 1 fully saturated rings. The molecule has 0 radical (unpaired) electrons. The summed E-state index contributed by atoms with van der Waals surface area (Å²) in [7, 11) is 5.64. The lowest BCUT2D eigenvalue weighted by Gasteiger charge is -2.27. The second kappa shape index (κ2) is 11.8. The quantitative estimate of drug-likeness (QED) is 0.501. The molecule has 2 aromatic carbocycles. The van der Waals surface area contributed by atoms with E-state index in [0.29, 0.717) is 25.2 Å². The van der Waals surface area contributed by atoms with E-state index in [9.17, 15) is 4.39 Å². The van der Waals surface area contributed by atoms with Gasteiger partial charge in [0.25, 0.3) is 0 Å². The normalized spacial score (nSPS) is 15.3. The van der Waals surface area contributed by atoms with Gasteiger partial charge in [-0.05, 0) is 42.9 Å². The van der Waals surface area contributed by atoms with Gasteiger partial charge in [-0.15, -0.1) is 0 Å². The highest BCUT2D eigenvalue weighted by molar-refractivity contribution is 5.79. The first kappa shape index (κ1) is 23.2.